The van der Waals surface area contributed by atoms with Crippen LogP contribution in [0.25, 0.3) is 11.1 Å². The molecule has 1 heterocycles. The Labute approximate surface area is 172 Å². The van der Waals surface area contributed by atoms with Crippen molar-refractivity contribution >= 4 is 17.7 Å². The number of carbonyl (C=O) groups is 2. The van der Waals surface area contributed by atoms with E-state index >= 15 is 0 Å². The van der Waals surface area contributed by atoms with Gasteiger partial charge in [0.2, 0.25) is 0 Å². The van der Waals surface area contributed by atoms with E-state index in [0.717, 1.165) is 11.1 Å². The van der Waals surface area contributed by atoms with Crippen molar-refractivity contribution < 1.29 is 19.8 Å². The summed E-state index contributed by atoms with van der Waals surface area (Å²) in [7, 11) is 1.48. The Balaban J connectivity index is 1.85. The Hall–Kier alpha value is -4.07. The van der Waals surface area contributed by atoms with Crippen LogP contribution >= 0.6 is 0 Å². The lowest BCUT2D eigenvalue weighted by Crippen LogP contribution is -2.35. The normalized spacial score (nSPS) is 11.5. The van der Waals surface area contributed by atoms with Gasteiger partial charge in [0.05, 0.1) is 12.5 Å². The van der Waals surface area contributed by atoms with Crippen LogP contribution in [-0.2, 0) is 11.8 Å². The molecule has 1 aromatic heterocycles. The van der Waals surface area contributed by atoms with Gasteiger partial charge in [-0.25, -0.2) is 4.79 Å². The summed E-state index contributed by atoms with van der Waals surface area (Å²) in [6.45, 7) is 0. The third kappa shape index (κ3) is 4.85. The molecule has 1 atom stereocenters. The van der Waals surface area contributed by atoms with Crippen LogP contribution in [0.1, 0.15) is 18.0 Å². The van der Waals surface area contributed by atoms with E-state index < -0.39 is 23.6 Å². The van der Waals surface area contributed by atoms with Gasteiger partial charge < -0.3 is 25.4 Å². The zero-order chi connectivity index (χ0) is 21.7. The van der Waals surface area contributed by atoms with Crippen LogP contribution in [-0.4, -0.2) is 26.8 Å². The van der Waals surface area contributed by atoms with Crippen LogP contribution < -0.4 is 16.2 Å². The number of aromatic hydroxyl groups is 1. The van der Waals surface area contributed by atoms with Crippen LogP contribution in [0.3, 0.4) is 0 Å². The van der Waals surface area contributed by atoms with Crippen LogP contribution in [0, 0.1) is 0 Å². The summed E-state index contributed by atoms with van der Waals surface area (Å²) in [6, 6.07) is 16.4. The van der Waals surface area contributed by atoms with E-state index in [4.69, 9.17) is 0 Å². The Bertz CT molecular complexity index is 1130. The molecule has 0 unspecified atom stereocenters. The van der Waals surface area contributed by atoms with E-state index in [0.29, 0.717) is 5.56 Å². The third-order valence-electron chi connectivity index (χ3n) is 4.57. The van der Waals surface area contributed by atoms with Gasteiger partial charge in [0, 0.05) is 13.2 Å². The number of benzene rings is 2. The summed E-state index contributed by atoms with van der Waals surface area (Å²) in [5, 5.41) is 24.1. The van der Waals surface area contributed by atoms with Crippen molar-refractivity contribution in [2.24, 2.45) is 7.05 Å². The Morgan fingerprint density at radius 1 is 1.03 bits per heavy atom. The molecule has 154 valence electrons. The number of nitrogens with zero attached hydrogens (tertiary/aromatic N) is 1. The largest absolute Gasteiger partial charge is 0.505 e. The van der Waals surface area contributed by atoms with E-state index in [1.165, 1.54) is 23.9 Å². The summed E-state index contributed by atoms with van der Waals surface area (Å²) in [6.07, 6.45) is 1.01. The number of amides is 2. The molecule has 30 heavy (non-hydrogen) atoms. The molecule has 0 radical (unpaired) electrons. The third-order valence-corrected chi connectivity index (χ3v) is 4.57. The standard InChI is InChI=1S/C22H21N3O5/c1-25-11-10-18(26)20(21(25)29)24-22(30)23-17(13-19(27)28)16-9-5-8-15(12-16)14-6-3-2-4-7-14/h2-12,17,26H,13H2,1H3,(H,27,28)(H2,23,24,30)/t17-/m0/s1. The highest BCUT2D eigenvalue weighted by molar-refractivity contribution is 5.91. The molecule has 0 saturated carbocycles. The quantitative estimate of drug-likeness (QED) is 0.500. The molecule has 0 aliphatic heterocycles. The lowest BCUT2D eigenvalue weighted by Gasteiger charge is -2.19. The number of aliphatic carboxylic acids is 1. The predicted octanol–water partition coefficient (Wildman–Crippen LogP) is 3.10. The summed E-state index contributed by atoms with van der Waals surface area (Å²) < 4.78 is 1.20. The number of urea groups is 1. The zero-order valence-electron chi connectivity index (χ0n) is 16.2. The number of anilines is 1. The minimum atomic E-state index is -1.09. The first-order valence-corrected chi connectivity index (χ1v) is 9.18. The highest BCUT2D eigenvalue weighted by atomic mass is 16.4. The molecular weight excluding hydrogens is 386 g/mol. The van der Waals surface area contributed by atoms with E-state index in [1.807, 2.05) is 42.5 Å². The molecule has 0 fully saturated rings. The SMILES string of the molecule is Cn1ccc(O)c(NC(=O)N[C@@H](CC(=O)O)c2cccc(-c3ccccc3)c2)c1=O. The van der Waals surface area contributed by atoms with Gasteiger partial charge in [-0.05, 0) is 28.8 Å². The van der Waals surface area contributed by atoms with Crippen LogP contribution in [0.4, 0.5) is 10.5 Å². The number of hydrogen-bond acceptors (Lipinski definition) is 4. The summed E-state index contributed by atoms with van der Waals surface area (Å²) >= 11 is 0. The van der Waals surface area contributed by atoms with Crippen molar-refractivity contribution in [2.45, 2.75) is 12.5 Å². The molecule has 8 heteroatoms. The molecule has 3 aromatic rings. The van der Waals surface area contributed by atoms with E-state index in [9.17, 15) is 24.6 Å². The lowest BCUT2D eigenvalue weighted by atomic mass is 9.98. The Kier molecular flexibility index (Phi) is 6.17. The molecular formula is C22H21N3O5. The number of pyridine rings is 1. The number of rotatable bonds is 6. The maximum atomic E-state index is 12.5. The van der Waals surface area contributed by atoms with Gasteiger partial charge in [-0.15, -0.1) is 0 Å². The monoisotopic (exact) mass is 407 g/mol. The number of hydrogen-bond donors (Lipinski definition) is 4. The number of aromatic nitrogens is 1. The van der Waals surface area contributed by atoms with Crippen molar-refractivity contribution in [3.05, 3.63) is 82.8 Å². The molecule has 0 saturated heterocycles. The molecule has 2 amide bonds. The van der Waals surface area contributed by atoms with Gasteiger partial charge in [0.25, 0.3) is 5.56 Å². The highest BCUT2D eigenvalue weighted by Gasteiger charge is 2.20. The van der Waals surface area contributed by atoms with Gasteiger partial charge >= 0.3 is 12.0 Å². The Morgan fingerprint density at radius 2 is 1.73 bits per heavy atom. The maximum absolute atomic E-state index is 12.5. The minimum absolute atomic E-state index is 0.287. The van der Waals surface area contributed by atoms with Crippen LogP contribution in [0.2, 0.25) is 0 Å². The number of nitrogens with one attached hydrogen (secondary N) is 2. The fourth-order valence-electron chi connectivity index (χ4n) is 3.04. The number of carbonyl (C=O) groups excluding carboxylic acids is 1. The second kappa shape index (κ2) is 8.95. The van der Waals surface area contributed by atoms with Crippen molar-refractivity contribution in [2.75, 3.05) is 5.32 Å². The average Bonchev–Trinajstić information content (AvgIpc) is 2.74. The van der Waals surface area contributed by atoms with Crippen LogP contribution in [0.5, 0.6) is 5.75 Å². The van der Waals surface area contributed by atoms with Crippen LogP contribution in [0.15, 0.2) is 71.7 Å². The summed E-state index contributed by atoms with van der Waals surface area (Å²) in [5.74, 6) is -1.47. The molecule has 8 nitrogen and oxygen atoms in total. The first-order chi connectivity index (χ1) is 14.3. The topological polar surface area (TPSA) is 121 Å². The van der Waals surface area contributed by atoms with Crippen molar-refractivity contribution in [1.29, 1.82) is 0 Å². The first-order valence-electron chi connectivity index (χ1n) is 9.18. The number of carboxylic acids is 1. The fraction of sp³-hybridized carbons (Fsp3) is 0.136. The predicted molar refractivity (Wildman–Crippen MR) is 112 cm³/mol. The van der Waals surface area contributed by atoms with Crippen molar-refractivity contribution in [3.8, 4) is 16.9 Å². The van der Waals surface area contributed by atoms with Gasteiger partial charge in [0.15, 0.2) is 5.69 Å². The van der Waals surface area contributed by atoms with E-state index in [1.54, 1.807) is 12.1 Å². The molecule has 0 aliphatic rings. The van der Waals surface area contributed by atoms with Gasteiger partial charge in [0.1, 0.15) is 5.75 Å². The Morgan fingerprint density at radius 3 is 2.43 bits per heavy atom. The van der Waals surface area contributed by atoms with Gasteiger partial charge in [-0.2, -0.15) is 0 Å². The van der Waals surface area contributed by atoms with E-state index in [-0.39, 0.29) is 17.9 Å². The molecule has 2 aromatic carbocycles. The number of carboxylic acid groups (broad SMARTS) is 1. The number of aryl methyl sites for hydroxylation is 1. The summed E-state index contributed by atoms with van der Waals surface area (Å²) in [4.78, 5) is 36.0. The fourth-order valence-corrected chi connectivity index (χ4v) is 3.04. The molecule has 3 rings (SSSR count). The molecule has 4 N–H and O–H groups in total. The van der Waals surface area contributed by atoms with E-state index in [2.05, 4.69) is 10.6 Å². The molecule has 0 aliphatic carbocycles. The second-order valence-electron chi connectivity index (χ2n) is 6.73. The first kappa shape index (κ1) is 20.7. The smallest absolute Gasteiger partial charge is 0.319 e. The second-order valence-corrected chi connectivity index (χ2v) is 6.73. The zero-order valence-corrected chi connectivity index (χ0v) is 16.2. The lowest BCUT2D eigenvalue weighted by molar-refractivity contribution is -0.137. The molecule has 0 bridgehead atoms. The van der Waals surface area contributed by atoms with Crippen molar-refractivity contribution in [3.63, 3.8) is 0 Å². The molecule has 0 spiro atoms. The van der Waals surface area contributed by atoms with Gasteiger partial charge in [-0.3, -0.25) is 9.59 Å². The van der Waals surface area contributed by atoms with Crippen molar-refractivity contribution in [1.82, 2.24) is 9.88 Å². The maximum Gasteiger partial charge on any atom is 0.319 e. The highest BCUT2D eigenvalue weighted by Crippen LogP contribution is 2.25. The average molecular weight is 407 g/mol. The minimum Gasteiger partial charge on any atom is -0.505 e. The van der Waals surface area contributed by atoms with Gasteiger partial charge in [-0.1, -0.05) is 48.5 Å². The summed E-state index contributed by atoms with van der Waals surface area (Å²) in [5.41, 5.74) is 1.55.